The maximum atomic E-state index is 13.3. The van der Waals surface area contributed by atoms with Gasteiger partial charge in [-0.3, -0.25) is 4.31 Å². The number of urea groups is 1. The Kier molecular flexibility index (Phi) is 8.23. The standard InChI is InChI=1S/C11H13F2N2OS.Ti/c1-2-3-6-14-11(16)15(17)10-5-4-8(12)7-9(10)13;/h4-5,17H,2-3,6H2,1H3,(H,14,16);/q-1;. The van der Waals surface area contributed by atoms with E-state index in [1.165, 1.54) is 0 Å². The summed E-state index contributed by atoms with van der Waals surface area (Å²) in [7, 11) is 0. The van der Waals surface area contributed by atoms with E-state index in [1.807, 2.05) is 13.0 Å². The van der Waals surface area contributed by atoms with Gasteiger partial charge in [0.1, 0.15) is 0 Å². The molecule has 0 aliphatic rings. The molecule has 0 unspecified atom stereocenters. The van der Waals surface area contributed by atoms with E-state index in [4.69, 9.17) is 0 Å². The molecule has 0 saturated heterocycles. The molecule has 0 spiro atoms. The van der Waals surface area contributed by atoms with Gasteiger partial charge in [0, 0.05) is 39.9 Å². The summed E-state index contributed by atoms with van der Waals surface area (Å²) in [5.74, 6) is -1.77. The normalized spacial score (nSPS) is 9.56. The molecule has 0 radical (unpaired) electrons. The molecule has 0 saturated carbocycles. The van der Waals surface area contributed by atoms with Crippen LogP contribution in [-0.2, 0) is 21.7 Å². The maximum absolute atomic E-state index is 13.3. The molecule has 0 aliphatic heterocycles. The Morgan fingerprint density at radius 2 is 2.17 bits per heavy atom. The average Bonchev–Trinajstić information content (AvgIpc) is 2.28. The Bertz CT molecular complexity index is 407. The molecule has 1 aromatic carbocycles. The van der Waals surface area contributed by atoms with E-state index in [-0.39, 0.29) is 27.4 Å². The summed E-state index contributed by atoms with van der Waals surface area (Å²) in [6.07, 6.45) is 1.76. The molecule has 1 rings (SSSR count). The van der Waals surface area contributed by atoms with Crippen LogP contribution < -0.4 is 9.62 Å². The molecular formula is C11H13F2N2OSTi-. The number of carbonyl (C=O) groups is 1. The molecule has 0 heterocycles. The number of anilines is 1. The first-order valence-electron chi connectivity index (χ1n) is 5.20. The number of thiol groups is 1. The fourth-order valence-corrected chi connectivity index (χ4v) is 1.38. The molecule has 0 aromatic heterocycles. The van der Waals surface area contributed by atoms with Crippen LogP contribution in [0.5, 0.6) is 0 Å². The van der Waals surface area contributed by atoms with Gasteiger partial charge in [0.05, 0.1) is 0 Å². The summed E-state index contributed by atoms with van der Waals surface area (Å²) in [5, 5.41) is 2.56. The van der Waals surface area contributed by atoms with Crippen molar-refractivity contribution < 1.29 is 35.3 Å². The van der Waals surface area contributed by atoms with E-state index >= 15 is 0 Å². The van der Waals surface area contributed by atoms with Crippen molar-refractivity contribution in [3.63, 3.8) is 0 Å². The van der Waals surface area contributed by atoms with Crippen molar-refractivity contribution in [2.24, 2.45) is 0 Å². The molecule has 7 heteroatoms. The number of hydrogen-bond donors (Lipinski definition) is 2. The van der Waals surface area contributed by atoms with Gasteiger partial charge in [0.2, 0.25) is 0 Å². The van der Waals surface area contributed by atoms with Crippen molar-refractivity contribution in [1.82, 2.24) is 5.32 Å². The van der Waals surface area contributed by atoms with Gasteiger partial charge in [0.25, 0.3) is 0 Å². The number of unbranched alkanes of at least 4 members (excludes halogenated alkanes) is 1. The van der Waals surface area contributed by atoms with Gasteiger partial charge in [-0.1, -0.05) is 26.2 Å². The van der Waals surface area contributed by atoms with Crippen molar-refractivity contribution in [3.05, 3.63) is 29.8 Å². The average molecular weight is 307 g/mol. The second kappa shape index (κ2) is 8.50. The summed E-state index contributed by atoms with van der Waals surface area (Å²) in [6, 6.07) is 3.43. The SMILES string of the molecule is CCCCNC(=O)N(S)c1ccc(F)[c-]c1F.[Ti]. The first kappa shape index (κ1) is 17.4. The Balaban J connectivity index is 0.00000289. The monoisotopic (exact) mass is 307 g/mol. The summed E-state index contributed by atoms with van der Waals surface area (Å²) >= 11 is 3.86. The van der Waals surface area contributed by atoms with E-state index in [2.05, 4.69) is 18.1 Å². The molecule has 0 bridgehead atoms. The van der Waals surface area contributed by atoms with Crippen LogP contribution in [0.15, 0.2) is 12.1 Å². The van der Waals surface area contributed by atoms with Crippen molar-refractivity contribution >= 4 is 24.5 Å². The topological polar surface area (TPSA) is 32.3 Å². The minimum atomic E-state index is -0.953. The van der Waals surface area contributed by atoms with Crippen molar-refractivity contribution in [2.75, 3.05) is 10.8 Å². The van der Waals surface area contributed by atoms with Gasteiger partial charge in [-0.25, -0.2) is 13.6 Å². The van der Waals surface area contributed by atoms with Gasteiger partial charge in [0.15, 0.2) is 0 Å². The number of hydrogen-bond acceptors (Lipinski definition) is 2. The molecule has 3 nitrogen and oxygen atoms in total. The van der Waals surface area contributed by atoms with Crippen LogP contribution in [0.25, 0.3) is 0 Å². The third-order valence-electron chi connectivity index (χ3n) is 2.07. The van der Waals surface area contributed by atoms with Gasteiger partial charge >= 0.3 is 6.03 Å². The molecule has 0 fully saturated rings. The molecule has 18 heavy (non-hydrogen) atoms. The molecular weight excluding hydrogens is 294 g/mol. The van der Waals surface area contributed by atoms with Crippen LogP contribution in [0.1, 0.15) is 19.8 Å². The van der Waals surface area contributed by atoms with Crippen LogP contribution in [0, 0.1) is 17.7 Å². The first-order valence-corrected chi connectivity index (χ1v) is 5.60. The van der Waals surface area contributed by atoms with Crippen molar-refractivity contribution in [3.8, 4) is 0 Å². The summed E-state index contributed by atoms with van der Waals surface area (Å²) in [6.45, 7) is 2.47. The van der Waals surface area contributed by atoms with Gasteiger partial charge < -0.3 is 5.32 Å². The minimum absolute atomic E-state index is 0. The predicted octanol–water partition coefficient (Wildman–Crippen LogP) is 2.92. The second-order valence-electron chi connectivity index (χ2n) is 3.40. The number of carbonyl (C=O) groups excluding carboxylic acids is 1. The smallest absolute Gasteiger partial charge is 0.320 e. The molecule has 0 atom stereocenters. The second-order valence-corrected chi connectivity index (χ2v) is 3.80. The summed E-state index contributed by atoms with van der Waals surface area (Å²) < 4.78 is 26.7. The third-order valence-corrected chi connectivity index (χ3v) is 2.47. The van der Waals surface area contributed by atoms with Crippen LogP contribution in [0.2, 0.25) is 0 Å². The number of rotatable bonds is 4. The number of nitrogens with one attached hydrogen (secondary N) is 1. The van der Waals surface area contributed by atoms with Crippen molar-refractivity contribution in [2.45, 2.75) is 19.8 Å². The van der Waals surface area contributed by atoms with Crippen molar-refractivity contribution in [1.29, 1.82) is 0 Å². The molecule has 1 N–H and O–H groups in total. The summed E-state index contributed by atoms with van der Waals surface area (Å²) in [4.78, 5) is 11.5. The largest absolute Gasteiger partial charge is 0.338 e. The number of amides is 2. The predicted molar refractivity (Wildman–Crippen MR) is 65.0 cm³/mol. The minimum Gasteiger partial charge on any atom is -0.338 e. The molecule has 98 valence electrons. The fraction of sp³-hybridized carbons (Fsp3) is 0.364. The van der Waals surface area contributed by atoms with E-state index < -0.39 is 17.7 Å². The zero-order valence-electron chi connectivity index (χ0n) is 9.83. The van der Waals surface area contributed by atoms with Gasteiger partial charge in [-0.05, 0) is 12.1 Å². The maximum Gasteiger partial charge on any atom is 0.320 e. The Hall–Kier alpha value is -0.586. The number of benzene rings is 1. The quantitative estimate of drug-likeness (QED) is 0.381. The van der Waals surface area contributed by atoms with Crippen LogP contribution in [0.4, 0.5) is 19.3 Å². The Labute approximate surface area is 125 Å². The van der Waals surface area contributed by atoms with E-state index in [0.29, 0.717) is 6.54 Å². The first-order chi connectivity index (χ1) is 8.06. The van der Waals surface area contributed by atoms with E-state index in [1.54, 1.807) is 0 Å². The van der Waals surface area contributed by atoms with Gasteiger partial charge in [-0.2, -0.15) is 0 Å². The van der Waals surface area contributed by atoms with Crippen LogP contribution in [-0.4, -0.2) is 12.6 Å². The number of halogens is 2. The molecule has 1 aromatic rings. The zero-order chi connectivity index (χ0) is 12.8. The third kappa shape index (κ3) is 4.96. The Morgan fingerprint density at radius 3 is 2.72 bits per heavy atom. The van der Waals surface area contributed by atoms with Crippen LogP contribution >= 0.6 is 12.8 Å². The van der Waals surface area contributed by atoms with E-state index in [9.17, 15) is 13.6 Å². The molecule has 0 aliphatic carbocycles. The van der Waals surface area contributed by atoms with Gasteiger partial charge in [-0.15, -0.1) is 18.2 Å². The Morgan fingerprint density at radius 1 is 1.50 bits per heavy atom. The number of nitrogens with zero attached hydrogens (tertiary/aromatic N) is 1. The van der Waals surface area contributed by atoms with E-state index in [0.717, 1.165) is 29.3 Å². The molecule has 2 amide bonds. The zero-order valence-corrected chi connectivity index (χ0v) is 12.3. The summed E-state index contributed by atoms with van der Waals surface area (Å²) in [5.41, 5.74) is -0.135. The van der Waals surface area contributed by atoms with Crippen LogP contribution in [0.3, 0.4) is 0 Å². The fourth-order valence-electron chi connectivity index (χ4n) is 1.16.